The van der Waals surface area contributed by atoms with Gasteiger partial charge in [0.2, 0.25) is 0 Å². The van der Waals surface area contributed by atoms with Gasteiger partial charge in [0.15, 0.2) is 0 Å². The van der Waals surface area contributed by atoms with E-state index < -0.39 is 0 Å². The Morgan fingerprint density at radius 1 is 1.15 bits per heavy atom. The molecular weight excluding hydrogens is 314 g/mol. The molecule has 0 radical (unpaired) electrons. The van der Waals surface area contributed by atoms with Crippen molar-refractivity contribution in [2.24, 2.45) is 7.05 Å². The molecule has 0 saturated carbocycles. The van der Waals surface area contributed by atoms with Crippen molar-refractivity contribution < 1.29 is 0 Å². The van der Waals surface area contributed by atoms with E-state index in [1.165, 1.54) is 11.1 Å². The van der Waals surface area contributed by atoms with Gasteiger partial charge in [-0.15, -0.1) is 0 Å². The maximum absolute atomic E-state index is 5.99. The highest BCUT2D eigenvalue weighted by Crippen LogP contribution is 2.30. The van der Waals surface area contributed by atoms with Crippen LogP contribution in [0.5, 0.6) is 0 Å². The highest BCUT2D eigenvalue weighted by Gasteiger charge is 2.13. The molecule has 3 aromatic rings. The number of aromatic nitrogens is 2. The number of anilines is 1. The summed E-state index contributed by atoms with van der Waals surface area (Å²) in [5.41, 5.74) is 12.4. The van der Waals surface area contributed by atoms with Crippen LogP contribution in [0.3, 0.4) is 0 Å². The fourth-order valence-electron chi connectivity index (χ4n) is 2.53. The van der Waals surface area contributed by atoms with Crippen LogP contribution in [0.2, 0.25) is 0 Å². The average Bonchev–Trinajstić information content (AvgIpc) is 2.70. The second-order valence-electron chi connectivity index (χ2n) is 5.14. The van der Waals surface area contributed by atoms with Gasteiger partial charge in [-0.05, 0) is 55.3 Å². The number of rotatable bonds is 1. The average molecular weight is 330 g/mol. The molecule has 0 bridgehead atoms. The first-order chi connectivity index (χ1) is 9.47. The summed E-state index contributed by atoms with van der Waals surface area (Å²) in [4.78, 5) is 4.76. The van der Waals surface area contributed by atoms with Gasteiger partial charge in [0.05, 0.1) is 11.0 Å². The molecule has 0 aliphatic rings. The summed E-state index contributed by atoms with van der Waals surface area (Å²) in [6.45, 7) is 4.19. The molecule has 0 saturated heterocycles. The summed E-state index contributed by atoms with van der Waals surface area (Å²) >= 11 is 3.49. The minimum Gasteiger partial charge on any atom is -0.399 e. The zero-order valence-corrected chi connectivity index (χ0v) is 13.3. The second kappa shape index (κ2) is 4.63. The van der Waals surface area contributed by atoms with Crippen LogP contribution >= 0.6 is 15.9 Å². The number of imidazole rings is 1. The molecule has 20 heavy (non-hydrogen) atoms. The molecular formula is C16H16BrN3. The third kappa shape index (κ3) is 2.00. The number of nitrogens with two attached hydrogens (primary N) is 1. The van der Waals surface area contributed by atoms with Crippen LogP contribution in [0.15, 0.2) is 34.8 Å². The standard InChI is InChI=1S/C16H16BrN3/c1-9-6-12(18)8-13(10(9)2)16-19-14-7-11(17)4-5-15(14)20(16)3/h4-8H,18H2,1-3H3. The van der Waals surface area contributed by atoms with Crippen LogP contribution in [0.25, 0.3) is 22.4 Å². The maximum atomic E-state index is 5.99. The van der Waals surface area contributed by atoms with Gasteiger partial charge in [-0.3, -0.25) is 0 Å². The second-order valence-corrected chi connectivity index (χ2v) is 6.05. The zero-order valence-electron chi connectivity index (χ0n) is 11.7. The molecule has 2 aromatic carbocycles. The first kappa shape index (κ1) is 13.2. The lowest BCUT2D eigenvalue weighted by Gasteiger charge is -2.10. The number of hydrogen-bond acceptors (Lipinski definition) is 2. The van der Waals surface area contributed by atoms with Gasteiger partial charge in [-0.25, -0.2) is 4.98 Å². The van der Waals surface area contributed by atoms with Gasteiger partial charge in [-0.2, -0.15) is 0 Å². The van der Waals surface area contributed by atoms with Crippen LogP contribution in [0.1, 0.15) is 11.1 Å². The predicted molar refractivity (Wildman–Crippen MR) is 87.7 cm³/mol. The van der Waals surface area contributed by atoms with Gasteiger partial charge in [-0.1, -0.05) is 15.9 Å². The van der Waals surface area contributed by atoms with Gasteiger partial charge >= 0.3 is 0 Å². The summed E-state index contributed by atoms with van der Waals surface area (Å²) in [7, 11) is 2.04. The number of hydrogen-bond donors (Lipinski definition) is 1. The Labute approximate surface area is 126 Å². The van der Waals surface area contributed by atoms with Crippen molar-refractivity contribution in [1.82, 2.24) is 9.55 Å². The van der Waals surface area contributed by atoms with Gasteiger partial charge in [0.1, 0.15) is 5.82 Å². The van der Waals surface area contributed by atoms with Crippen LogP contribution in [-0.4, -0.2) is 9.55 Å². The molecule has 0 aliphatic heterocycles. The fourth-order valence-corrected chi connectivity index (χ4v) is 2.88. The van der Waals surface area contributed by atoms with Crippen LogP contribution in [-0.2, 0) is 7.05 Å². The molecule has 3 rings (SSSR count). The van der Waals surface area contributed by atoms with E-state index in [0.29, 0.717) is 0 Å². The van der Waals surface area contributed by atoms with Gasteiger partial charge in [0.25, 0.3) is 0 Å². The SMILES string of the molecule is Cc1cc(N)cc(-c2nc3cc(Br)ccc3n2C)c1C. The van der Waals surface area contributed by atoms with Crippen molar-refractivity contribution in [3.63, 3.8) is 0 Å². The van der Waals surface area contributed by atoms with Crippen LogP contribution in [0.4, 0.5) is 5.69 Å². The summed E-state index contributed by atoms with van der Waals surface area (Å²) in [5.74, 6) is 0.950. The number of benzene rings is 2. The largest absolute Gasteiger partial charge is 0.399 e. The molecule has 0 aliphatic carbocycles. The van der Waals surface area contributed by atoms with E-state index in [1.807, 2.05) is 31.3 Å². The smallest absolute Gasteiger partial charge is 0.141 e. The van der Waals surface area contributed by atoms with E-state index in [0.717, 1.165) is 32.6 Å². The molecule has 3 nitrogen and oxygen atoms in total. The monoisotopic (exact) mass is 329 g/mol. The first-order valence-electron chi connectivity index (χ1n) is 6.46. The summed E-state index contributed by atoms with van der Waals surface area (Å²) in [6.07, 6.45) is 0. The molecule has 2 N–H and O–H groups in total. The normalized spacial score (nSPS) is 11.2. The van der Waals surface area contributed by atoms with E-state index in [4.69, 9.17) is 10.7 Å². The summed E-state index contributed by atoms with van der Waals surface area (Å²) in [5, 5.41) is 0. The number of halogens is 1. The van der Waals surface area contributed by atoms with Crippen molar-refractivity contribution in [1.29, 1.82) is 0 Å². The molecule has 0 spiro atoms. The quantitative estimate of drug-likeness (QED) is 0.680. The highest BCUT2D eigenvalue weighted by atomic mass is 79.9. The fraction of sp³-hybridized carbons (Fsp3) is 0.188. The molecule has 4 heteroatoms. The first-order valence-corrected chi connectivity index (χ1v) is 7.26. The van der Waals surface area contributed by atoms with Crippen LogP contribution < -0.4 is 5.73 Å². The molecule has 1 heterocycles. The van der Waals surface area contributed by atoms with E-state index in [1.54, 1.807) is 0 Å². The van der Waals surface area contributed by atoms with Gasteiger partial charge < -0.3 is 10.3 Å². The molecule has 0 fully saturated rings. The van der Waals surface area contributed by atoms with Crippen molar-refractivity contribution in [2.75, 3.05) is 5.73 Å². The third-order valence-corrected chi connectivity index (χ3v) is 4.27. The third-order valence-electron chi connectivity index (χ3n) is 3.77. The number of nitrogens with zero attached hydrogens (tertiary/aromatic N) is 2. The number of aryl methyl sites for hydroxylation is 2. The Kier molecular flexibility index (Phi) is 3.05. The number of fused-ring (bicyclic) bond motifs is 1. The van der Waals surface area contributed by atoms with E-state index in [2.05, 4.69) is 40.4 Å². The Morgan fingerprint density at radius 3 is 2.65 bits per heavy atom. The Hall–Kier alpha value is -1.81. The minimum absolute atomic E-state index is 0.774. The van der Waals surface area contributed by atoms with Crippen LogP contribution in [0, 0.1) is 13.8 Å². The molecule has 102 valence electrons. The highest BCUT2D eigenvalue weighted by molar-refractivity contribution is 9.10. The van der Waals surface area contributed by atoms with Crippen molar-refractivity contribution in [3.05, 3.63) is 45.9 Å². The lowest BCUT2D eigenvalue weighted by molar-refractivity contribution is 0.957. The van der Waals surface area contributed by atoms with E-state index in [-0.39, 0.29) is 0 Å². The van der Waals surface area contributed by atoms with E-state index in [9.17, 15) is 0 Å². The molecule has 0 amide bonds. The number of nitrogen functional groups attached to an aromatic ring is 1. The van der Waals surface area contributed by atoms with Crippen molar-refractivity contribution in [2.45, 2.75) is 13.8 Å². The van der Waals surface area contributed by atoms with Crippen molar-refractivity contribution >= 4 is 32.7 Å². The summed E-state index contributed by atoms with van der Waals surface area (Å²) < 4.78 is 3.15. The Bertz CT molecular complexity index is 818. The maximum Gasteiger partial charge on any atom is 0.141 e. The lowest BCUT2D eigenvalue weighted by atomic mass is 10.0. The predicted octanol–water partition coefficient (Wildman–Crippen LogP) is 4.20. The van der Waals surface area contributed by atoms with Crippen molar-refractivity contribution in [3.8, 4) is 11.4 Å². The van der Waals surface area contributed by atoms with Gasteiger partial charge in [0, 0.05) is 22.8 Å². The Balaban J connectivity index is 2.32. The topological polar surface area (TPSA) is 43.8 Å². The summed E-state index contributed by atoms with van der Waals surface area (Å²) in [6, 6.07) is 10.1. The molecule has 0 atom stereocenters. The Morgan fingerprint density at radius 2 is 1.90 bits per heavy atom. The lowest BCUT2D eigenvalue weighted by Crippen LogP contribution is -1.98. The zero-order chi connectivity index (χ0) is 14.4. The van der Waals surface area contributed by atoms with E-state index >= 15 is 0 Å². The molecule has 1 aromatic heterocycles. The molecule has 0 unspecified atom stereocenters. The minimum atomic E-state index is 0.774.